The van der Waals surface area contributed by atoms with Gasteiger partial charge in [-0.25, -0.2) is 19.9 Å². The molecule has 6 nitrogen and oxygen atoms in total. The summed E-state index contributed by atoms with van der Waals surface area (Å²) in [6, 6.07) is 0. The van der Waals surface area contributed by atoms with E-state index in [-0.39, 0.29) is 0 Å². The molecule has 3 heterocycles. The molecule has 0 bridgehead atoms. The van der Waals surface area contributed by atoms with Crippen LogP contribution in [0.25, 0.3) is 21.9 Å². The fourth-order valence-corrected chi connectivity index (χ4v) is 2.28. The third kappa shape index (κ3) is 1.33. The van der Waals surface area contributed by atoms with E-state index in [9.17, 15) is 0 Å². The van der Waals surface area contributed by atoms with Crippen molar-refractivity contribution in [3.05, 3.63) is 18.2 Å². The van der Waals surface area contributed by atoms with Crippen LogP contribution in [0, 0.1) is 6.92 Å². The second kappa shape index (κ2) is 3.24. The summed E-state index contributed by atoms with van der Waals surface area (Å²) >= 11 is 1.41. The minimum atomic E-state index is 0.541. The SMILES string of the molecule is Cc1nc(N)sc1-c1nc2ncncc2[nH]1. The van der Waals surface area contributed by atoms with Crippen LogP contribution >= 0.6 is 11.3 Å². The molecule has 0 aliphatic carbocycles. The number of nitrogens with two attached hydrogens (primary N) is 1. The zero-order chi connectivity index (χ0) is 11.1. The van der Waals surface area contributed by atoms with Gasteiger partial charge in [0.2, 0.25) is 0 Å². The smallest absolute Gasteiger partial charge is 0.181 e. The first-order valence-electron chi connectivity index (χ1n) is 4.63. The number of rotatable bonds is 1. The Balaban J connectivity index is 2.22. The molecule has 0 saturated heterocycles. The molecule has 0 atom stereocenters. The van der Waals surface area contributed by atoms with Gasteiger partial charge < -0.3 is 10.7 Å². The Morgan fingerprint density at radius 3 is 2.94 bits per heavy atom. The molecule has 0 saturated carbocycles. The molecule has 3 aromatic rings. The first-order valence-corrected chi connectivity index (χ1v) is 5.44. The van der Waals surface area contributed by atoms with Crippen molar-refractivity contribution in [1.82, 2.24) is 24.9 Å². The van der Waals surface area contributed by atoms with Crippen LogP contribution < -0.4 is 5.73 Å². The van der Waals surface area contributed by atoms with Gasteiger partial charge in [-0.2, -0.15) is 0 Å². The van der Waals surface area contributed by atoms with Crippen molar-refractivity contribution in [3.63, 3.8) is 0 Å². The van der Waals surface area contributed by atoms with E-state index in [1.165, 1.54) is 17.7 Å². The number of imidazole rings is 1. The molecular formula is C9H8N6S. The average molecular weight is 232 g/mol. The molecule has 0 aromatic carbocycles. The minimum absolute atomic E-state index is 0.541. The number of hydrogen-bond donors (Lipinski definition) is 2. The largest absolute Gasteiger partial charge is 0.375 e. The monoisotopic (exact) mass is 232 g/mol. The number of anilines is 1. The molecule has 0 fully saturated rings. The molecule has 3 rings (SSSR count). The van der Waals surface area contributed by atoms with Crippen molar-refractivity contribution in [2.45, 2.75) is 6.92 Å². The molecule has 0 aliphatic heterocycles. The van der Waals surface area contributed by atoms with Crippen LogP contribution in [0.5, 0.6) is 0 Å². The number of nitrogens with one attached hydrogen (secondary N) is 1. The van der Waals surface area contributed by atoms with Gasteiger partial charge in [0.05, 0.1) is 16.8 Å². The summed E-state index contributed by atoms with van der Waals surface area (Å²) in [7, 11) is 0. The number of hydrogen-bond acceptors (Lipinski definition) is 6. The van der Waals surface area contributed by atoms with Crippen molar-refractivity contribution >= 4 is 27.6 Å². The van der Waals surface area contributed by atoms with E-state index in [1.54, 1.807) is 6.20 Å². The van der Waals surface area contributed by atoms with Gasteiger partial charge in [0, 0.05) is 0 Å². The van der Waals surface area contributed by atoms with E-state index >= 15 is 0 Å². The molecule has 0 radical (unpaired) electrons. The maximum absolute atomic E-state index is 5.65. The molecule has 0 spiro atoms. The van der Waals surface area contributed by atoms with Crippen LogP contribution in [0.4, 0.5) is 5.13 Å². The molecule has 0 unspecified atom stereocenters. The molecule has 7 heteroatoms. The Bertz CT molecular complexity index is 622. The maximum Gasteiger partial charge on any atom is 0.181 e. The van der Waals surface area contributed by atoms with Crippen LogP contribution in [-0.2, 0) is 0 Å². The number of nitrogens with zero attached hydrogens (tertiary/aromatic N) is 4. The van der Waals surface area contributed by atoms with Crippen molar-refractivity contribution < 1.29 is 0 Å². The van der Waals surface area contributed by atoms with Gasteiger partial charge >= 0.3 is 0 Å². The number of nitrogen functional groups attached to an aromatic ring is 1. The molecule has 3 aromatic heterocycles. The van der Waals surface area contributed by atoms with Crippen molar-refractivity contribution in [2.75, 3.05) is 5.73 Å². The molecular weight excluding hydrogens is 224 g/mol. The van der Waals surface area contributed by atoms with Crippen molar-refractivity contribution in [2.24, 2.45) is 0 Å². The average Bonchev–Trinajstić information content (AvgIpc) is 2.81. The van der Waals surface area contributed by atoms with Gasteiger partial charge in [-0.05, 0) is 6.92 Å². The molecule has 3 N–H and O–H groups in total. The summed E-state index contributed by atoms with van der Waals surface area (Å²) < 4.78 is 0. The normalized spacial score (nSPS) is 11.1. The number of aromatic nitrogens is 5. The van der Waals surface area contributed by atoms with E-state index in [2.05, 4.69) is 24.9 Å². The topological polar surface area (TPSA) is 93.4 Å². The highest BCUT2D eigenvalue weighted by Gasteiger charge is 2.12. The first kappa shape index (κ1) is 9.22. The summed E-state index contributed by atoms with van der Waals surface area (Å²) in [6.45, 7) is 1.90. The summed E-state index contributed by atoms with van der Waals surface area (Å²) in [6.07, 6.45) is 3.17. The van der Waals surface area contributed by atoms with Gasteiger partial charge in [-0.3, -0.25) is 0 Å². The third-order valence-corrected chi connectivity index (χ3v) is 3.18. The standard InChI is InChI=1S/C9H8N6S/c1-4-6(16-9(10)13-4)8-14-5-2-11-3-12-7(5)15-8/h2-3H,1H3,(H2,10,13)(H,11,12,14,15). The summed E-state index contributed by atoms with van der Waals surface area (Å²) in [5.74, 6) is 0.738. The van der Waals surface area contributed by atoms with E-state index < -0.39 is 0 Å². The highest BCUT2D eigenvalue weighted by Crippen LogP contribution is 2.29. The Morgan fingerprint density at radius 1 is 1.38 bits per heavy atom. The van der Waals surface area contributed by atoms with Gasteiger partial charge in [0.15, 0.2) is 16.6 Å². The van der Waals surface area contributed by atoms with Crippen LogP contribution in [0.15, 0.2) is 12.5 Å². The number of fused-ring (bicyclic) bond motifs is 1. The van der Waals surface area contributed by atoms with E-state index in [0.717, 1.165) is 21.9 Å². The second-order valence-corrected chi connectivity index (χ2v) is 4.34. The Kier molecular flexibility index (Phi) is 1.87. The summed E-state index contributed by atoms with van der Waals surface area (Å²) in [5.41, 5.74) is 7.98. The number of H-pyrrole nitrogens is 1. The van der Waals surface area contributed by atoms with Crippen LogP contribution in [0.1, 0.15) is 5.69 Å². The predicted molar refractivity (Wildman–Crippen MR) is 61.9 cm³/mol. The molecule has 16 heavy (non-hydrogen) atoms. The predicted octanol–water partition coefficient (Wildman–Crippen LogP) is 1.37. The first-order chi connectivity index (χ1) is 7.74. The van der Waals surface area contributed by atoms with Gasteiger partial charge in [0.1, 0.15) is 11.8 Å². The van der Waals surface area contributed by atoms with Crippen molar-refractivity contribution in [3.8, 4) is 10.7 Å². The van der Waals surface area contributed by atoms with Gasteiger partial charge in [0.25, 0.3) is 0 Å². The fraction of sp³-hybridized carbons (Fsp3) is 0.111. The highest BCUT2D eigenvalue weighted by molar-refractivity contribution is 7.18. The van der Waals surface area contributed by atoms with E-state index in [1.807, 2.05) is 6.92 Å². The zero-order valence-electron chi connectivity index (χ0n) is 8.43. The summed E-state index contributed by atoms with van der Waals surface area (Å²) in [4.78, 5) is 20.6. The minimum Gasteiger partial charge on any atom is -0.375 e. The molecule has 80 valence electrons. The van der Waals surface area contributed by atoms with Crippen LogP contribution in [-0.4, -0.2) is 24.9 Å². The fourth-order valence-electron chi connectivity index (χ4n) is 1.51. The quantitative estimate of drug-likeness (QED) is 0.660. The van der Waals surface area contributed by atoms with E-state index in [0.29, 0.717) is 10.8 Å². The lowest BCUT2D eigenvalue weighted by Gasteiger charge is -1.89. The third-order valence-electron chi connectivity index (χ3n) is 2.19. The zero-order valence-corrected chi connectivity index (χ0v) is 9.25. The lowest BCUT2D eigenvalue weighted by molar-refractivity contribution is 1.20. The van der Waals surface area contributed by atoms with Gasteiger partial charge in [-0.1, -0.05) is 11.3 Å². The Labute approximate surface area is 94.6 Å². The van der Waals surface area contributed by atoms with Crippen LogP contribution in [0.3, 0.4) is 0 Å². The molecule has 0 amide bonds. The number of thiazole rings is 1. The maximum atomic E-state index is 5.65. The summed E-state index contributed by atoms with van der Waals surface area (Å²) in [5, 5.41) is 0.541. The molecule has 0 aliphatic rings. The lowest BCUT2D eigenvalue weighted by atomic mass is 10.4. The Hall–Kier alpha value is -2.02. The van der Waals surface area contributed by atoms with Gasteiger partial charge in [-0.15, -0.1) is 0 Å². The highest BCUT2D eigenvalue weighted by atomic mass is 32.1. The van der Waals surface area contributed by atoms with Crippen molar-refractivity contribution in [1.29, 1.82) is 0 Å². The Morgan fingerprint density at radius 2 is 2.25 bits per heavy atom. The second-order valence-electron chi connectivity index (χ2n) is 3.31. The lowest BCUT2D eigenvalue weighted by Crippen LogP contribution is -1.81. The number of aryl methyl sites for hydroxylation is 1. The number of aromatic amines is 1. The van der Waals surface area contributed by atoms with E-state index in [4.69, 9.17) is 5.73 Å². The van der Waals surface area contributed by atoms with Crippen LogP contribution in [0.2, 0.25) is 0 Å².